The first kappa shape index (κ1) is 14.3. The number of hydrogen-bond donors (Lipinski definition) is 2. The summed E-state index contributed by atoms with van der Waals surface area (Å²) in [4.78, 5) is 0.640. The smallest absolute Gasteiger partial charge is 0.177 e. The molecule has 0 radical (unpaired) electrons. The van der Waals surface area contributed by atoms with E-state index < -0.39 is 17.0 Å². The Kier molecular flexibility index (Phi) is 4.13. The Morgan fingerprint density at radius 3 is 2.84 bits per heavy atom. The van der Waals surface area contributed by atoms with Gasteiger partial charge in [-0.25, -0.2) is 0 Å². The summed E-state index contributed by atoms with van der Waals surface area (Å²) in [5.74, 6) is 0. The fourth-order valence-corrected chi connectivity index (χ4v) is 3.56. The highest BCUT2D eigenvalue weighted by molar-refractivity contribution is 7.89. The van der Waals surface area contributed by atoms with E-state index in [9.17, 15) is 9.66 Å². The summed E-state index contributed by atoms with van der Waals surface area (Å²) in [6.45, 7) is 2.15. The molecule has 0 bridgehead atoms. The van der Waals surface area contributed by atoms with Gasteiger partial charge in [0.25, 0.3) is 0 Å². The lowest BCUT2D eigenvalue weighted by atomic mass is 10.1. The normalized spacial score (nSPS) is 25.2. The van der Waals surface area contributed by atoms with Crippen molar-refractivity contribution in [1.82, 2.24) is 4.31 Å². The molecule has 0 aliphatic carbocycles. The van der Waals surface area contributed by atoms with Crippen LogP contribution in [0.2, 0.25) is 0 Å². The third-order valence-electron chi connectivity index (χ3n) is 3.32. The molecule has 1 fully saturated rings. The highest BCUT2D eigenvalue weighted by Gasteiger charge is 2.41. The molecule has 0 aromatic heterocycles. The van der Waals surface area contributed by atoms with E-state index in [1.54, 1.807) is 22.5 Å². The zero-order chi connectivity index (χ0) is 14.0. The average Bonchev–Trinajstić information content (AvgIpc) is 2.81. The molecule has 2 atom stereocenters. The maximum Gasteiger partial charge on any atom is 0.177 e. The molecule has 19 heavy (non-hydrogen) atoms. The van der Waals surface area contributed by atoms with Gasteiger partial charge in [-0.3, -0.25) is 0 Å². The van der Waals surface area contributed by atoms with Gasteiger partial charge >= 0.3 is 0 Å². The summed E-state index contributed by atoms with van der Waals surface area (Å²) in [6, 6.07) is 7.05. The SMILES string of the molecule is Cc1cc(C#N)ccc1[S+]([O-])N1CCC(O)(CO)C1. The van der Waals surface area contributed by atoms with Gasteiger partial charge in [-0.15, -0.1) is 4.31 Å². The molecule has 1 saturated heterocycles. The van der Waals surface area contributed by atoms with E-state index in [2.05, 4.69) is 0 Å². The number of hydrogen-bond acceptors (Lipinski definition) is 5. The Labute approximate surface area is 115 Å². The number of rotatable bonds is 3. The van der Waals surface area contributed by atoms with E-state index in [1.807, 2.05) is 13.0 Å². The maximum atomic E-state index is 12.4. The van der Waals surface area contributed by atoms with E-state index in [1.165, 1.54) is 0 Å². The molecule has 6 heteroatoms. The summed E-state index contributed by atoms with van der Waals surface area (Å²) in [7, 11) is 0. The number of β-amino-alcohol motifs (C(OH)–C–C–N with tert-alkyl or cyclic N) is 1. The van der Waals surface area contributed by atoms with Crippen LogP contribution in [-0.4, -0.2) is 44.4 Å². The van der Waals surface area contributed by atoms with Gasteiger partial charge in [0.15, 0.2) is 4.90 Å². The average molecular weight is 280 g/mol. The molecule has 2 unspecified atom stereocenters. The van der Waals surface area contributed by atoms with Crippen LogP contribution in [0.4, 0.5) is 0 Å². The Morgan fingerprint density at radius 1 is 1.58 bits per heavy atom. The van der Waals surface area contributed by atoms with Crippen molar-refractivity contribution in [2.75, 3.05) is 19.7 Å². The molecule has 1 aliphatic rings. The zero-order valence-electron chi connectivity index (χ0n) is 10.7. The van der Waals surface area contributed by atoms with Crippen LogP contribution >= 0.6 is 0 Å². The van der Waals surface area contributed by atoms with Crippen molar-refractivity contribution in [3.8, 4) is 6.07 Å². The van der Waals surface area contributed by atoms with Crippen molar-refractivity contribution < 1.29 is 14.8 Å². The predicted molar refractivity (Wildman–Crippen MR) is 70.5 cm³/mol. The number of aliphatic hydroxyl groups excluding tert-OH is 1. The molecular weight excluding hydrogens is 264 g/mol. The molecule has 2 rings (SSSR count). The second-order valence-electron chi connectivity index (χ2n) is 4.84. The van der Waals surface area contributed by atoms with E-state index >= 15 is 0 Å². The van der Waals surface area contributed by atoms with Gasteiger partial charge in [-0.1, -0.05) is 0 Å². The second kappa shape index (κ2) is 5.49. The molecule has 1 aromatic rings. The van der Waals surface area contributed by atoms with Crippen molar-refractivity contribution in [2.24, 2.45) is 0 Å². The van der Waals surface area contributed by atoms with Crippen molar-refractivity contribution in [3.05, 3.63) is 29.3 Å². The highest BCUT2D eigenvalue weighted by Crippen LogP contribution is 2.28. The van der Waals surface area contributed by atoms with Gasteiger partial charge in [-0.2, -0.15) is 5.26 Å². The third-order valence-corrected chi connectivity index (χ3v) is 4.93. The number of aryl methyl sites for hydroxylation is 1. The minimum absolute atomic E-state index is 0.190. The van der Waals surface area contributed by atoms with E-state index in [0.717, 1.165) is 5.56 Å². The van der Waals surface area contributed by atoms with Gasteiger partial charge in [0.1, 0.15) is 5.60 Å². The summed E-state index contributed by atoms with van der Waals surface area (Å²) in [5, 5.41) is 27.9. The number of nitriles is 1. The fourth-order valence-electron chi connectivity index (χ4n) is 2.14. The lowest BCUT2D eigenvalue weighted by molar-refractivity contribution is -0.000729. The van der Waals surface area contributed by atoms with Crippen LogP contribution in [0.15, 0.2) is 23.1 Å². The lowest BCUT2D eigenvalue weighted by Gasteiger charge is -2.22. The molecule has 1 heterocycles. The monoisotopic (exact) mass is 280 g/mol. The van der Waals surface area contributed by atoms with Gasteiger partial charge < -0.3 is 14.8 Å². The molecule has 0 spiro atoms. The first-order chi connectivity index (χ1) is 8.99. The summed E-state index contributed by atoms with van der Waals surface area (Å²) < 4.78 is 14.1. The van der Waals surface area contributed by atoms with Crippen molar-refractivity contribution >= 4 is 11.4 Å². The van der Waals surface area contributed by atoms with Gasteiger partial charge in [0.05, 0.1) is 36.1 Å². The van der Waals surface area contributed by atoms with Crippen LogP contribution in [-0.2, 0) is 11.4 Å². The number of benzene rings is 1. The van der Waals surface area contributed by atoms with Gasteiger partial charge in [0, 0.05) is 12.1 Å². The quantitative estimate of drug-likeness (QED) is 0.778. The third kappa shape index (κ3) is 2.91. The Balaban J connectivity index is 2.17. The van der Waals surface area contributed by atoms with E-state index in [0.29, 0.717) is 23.4 Å². The first-order valence-corrected chi connectivity index (χ1v) is 7.10. The number of nitrogens with zero attached hydrogens (tertiary/aromatic N) is 2. The Bertz CT molecular complexity index is 517. The maximum absolute atomic E-state index is 12.4. The molecular formula is C13H16N2O3S. The van der Waals surface area contributed by atoms with Crippen LogP contribution in [0.25, 0.3) is 0 Å². The Morgan fingerprint density at radius 2 is 2.32 bits per heavy atom. The summed E-state index contributed by atoms with van der Waals surface area (Å²) in [5.41, 5.74) is 0.166. The summed E-state index contributed by atoms with van der Waals surface area (Å²) >= 11 is -1.38. The van der Waals surface area contributed by atoms with Crippen LogP contribution in [0, 0.1) is 18.3 Å². The van der Waals surface area contributed by atoms with Crippen LogP contribution in [0.1, 0.15) is 17.5 Å². The van der Waals surface area contributed by atoms with E-state index in [4.69, 9.17) is 10.4 Å². The summed E-state index contributed by atoms with van der Waals surface area (Å²) in [6.07, 6.45) is 0.407. The van der Waals surface area contributed by atoms with Crippen LogP contribution in [0.3, 0.4) is 0 Å². The first-order valence-electron chi connectivity index (χ1n) is 6.00. The van der Waals surface area contributed by atoms with E-state index in [-0.39, 0.29) is 13.2 Å². The molecule has 0 amide bonds. The number of aliphatic hydroxyl groups is 2. The molecule has 5 nitrogen and oxygen atoms in total. The molecule has 1 aromatic carbocycles. The molecule has 1 aliphatic heterocycles. The minimum atomic E-state index is -1.38. The highest BCUT2D eigenvalue weighted by atomic mass is 32.2. The van der Waals surface area contributed by atoms with Crippen LogP contribution in [0.5, 0.6) is 0 Å². The predicted octanol–water partition coefficient (Wildman–Crippen LogP) is 0.318. The van der Waals surface area contributed by atoms with Crippen molar-refractivity contribution in [2.45, 2.75) is 23.8 Å². The van der Waals surface area contributed by atoms with Crippen LogP contribution < -0.4 is 0 Å². The molecule has 102 valence electrons. The molecule has 0 saturated carbocycles. The topological polar surface area (TPSA) is 90.5 Å². The van der Waals surface area contributed by atoms with Gasteiger partial charge in [0.2, 0.25) is 0 Å². The largest absolute Gasteiger partial charge is 0.593 e. The second-order valence-corrected chi connectivity index (χ2v) is 6.29. The standard InChI is InChI=1S/C13H16N2O3S/c1-10-6-11(7-14)2-3-12(10)19(18)15-5-4-13(17,8-15)9-16/h2-3,6,16-17H,4-5,8-9H2,1H3. The Hall–Kier alpha value is -1.10. The van der Waals surface area contributed by atoms with Crippen molar-refractivity contribution in [3.63, 3.8) is 0 Å². The fraction of sp³-hybridized carbons (Fsp3) is 0.462. The van der Waals surface area contributed by atoms with Crippen molar-refractivity contribution in [1.29, 1.82) is 5.26 Å². The van der Waals surface area contributed by atoms with Gasteiger partial charge in [-0.05, 0) is 31.5 Å². The lowest BCUT2D eigenvalue weighted by Crippen LogP contribution is -2.38. The molecule has 2 N–H and O–H groups in total. The minimum Gasteiger partial charge on any atom is -0.593 e. The zero-order valence-corrected chi connectivity index (χ0v) is 11.5.